The Bertz CT molecular complexity index is 531. The average molecular weight is 246 g/mol. The molecule has 0 aliphatic carbocycles. The van der Waals surface area contributed by atoms with Gasteiger partial charge in [0.25, 0.3) is 5.89 Å². The molecule has 0 amide bonds. The first-order chi connectivity index (χ1) is 8.59. The molecule has 0 aliphatic heterocycles. The number of aromatic nitrogens is 4. The summed E-state index contributed by atoms with van der Waals surface area (Å²) in [6, 6.07) is 1.89. The maximum atomic E-state index is 5.33. The minimum absolute atomic E-state index is 0.0305. The van der Waals surface area contributed by atoms with Crippen molar-refractivity contribution < 1.29 is 4.52 Å². The first-order valence-electron chi connectivity index (χ1n) is 6.23. The molecule has 0 spiro atoms. The van der Waals surface area contributed by atoms with E-state index in [1.165, 1.54) is 0 Å². The van der Waals surface area contributed by atoms with Gasteiger partial charge in [-0.2, -0.15) is 15.2 Å². The first-order valence-corrected chi connectivity index (χ1v) is 6.23. The number of nitrogens with zero attached hydrogens (tertiary/aromatic N) is 4. The van der Waals surface area contributed by atoms with E-state index in [9.17, 15) is 0 Å². The van der Waals surface area contributed by atoms with Crippen LogP contribution in [0, 0.1) is 6.92 Å². The van der Waals surface area contributed by atoms with Crippen molar-refractivity contribution in [1.82, 2.24) is 20.3 Å². The van der Waals surface area contributed by atoms with Gasteiger partial charge in [-0.05, 0) is 25.8 Å². The number of rotatable bonds is 4. The molecule has 18 heavy (non-hydrogen) atoms. The lowest BCUT2D eigenvalue weighted by molar-refractivity contribution is 0.364. The summed E-state index contributed by atoms with van der Waals surface area (Å²) < 4.78 is 5.33. The van der Waals surface area contributed by atoms with E-state index in [0.717, 1.165) is 29.9 Å². The molecule has 0 saturated heterocycles. The van der Waals surface area contributed by atoms with Crippen LogP contribution < -0.4 is 0 Å². The SMILES string of the molecule is CCC(C)(CC)c1noc(-c2cnnc(C)c2)n1. The fraction of sp³-hybridized carbons (Fsp3) is 0.538. The van der Waals surface area contributed by atoms with Gasteiger partial charge in [-0.25, -0.2) is 0 Å². The summed E-state index contributed by atoms with van der Waals surface area (Å²) in [6.07, 6.45) is 3.60. The Kier molecular flexibility index (Phi) is 3.41. The molecule has 0 unspecified atom stereocenters. The van der Waals surface area contributed by atoms with Crippen LogP contribution >= 0.6 is 0 Å². The van der Waals surface area contributed by atoms with Gasteiger partial charge in [0.2, 0.25) is 0 Å². The second-order valence-corrected chi connectivity index (χ2v) is 4.78. The molecule has 2 aromatic rings. The third-order valence-electron chi connectivity index (χ3n) is 3.55. The third-order valence-corrected chi connectivity index (χ3v) is 3.55. The maximum absolute atomic E-state index is 5.33. The molecule has 0 aliphatic rings. The smallest absolute Gasteiger partial charge is 0.259 e. The summed E-state index contributed by atoms with van der Waals surface area (Å²) in [5, 5.41) is 11.9. The molecule has 2 heterocycles. The van der Waals surface area contributed by atoms with Gasteiger partial charge in [0.15, 0.2) is 5.82 Å². The Morgan fingerprint density at radius 2 is 2.00 bits per heavy atom. The van der Waals surface area contributed by atoms with E-state index in [0.29, 0.717) is 5.89 Å². The zero-order valence-electron chi connectivity index (χ0n) is 11.3. The summed E-state index contributed by atoms with van der Waals surface area (Å²) in [5.41, 5.74) is 1.62. The van der Waals surface area contributed by atoms with Crippen LogP contribution in [0.15, 0.2) is 16.8 Å². The van der Waals surface area contributed by atoms with Gasteiger partial charge >= 0.3 is 0 Å². The fourth-order valence-electron chi connectivity index (χ4n) is 1.74. The highest BCUT2D eigenvalue weighted by atomic mass is 16.5. The molecule has 5 heteroatoms. The van der Waals surface area contributed by atoms with Crippen molar-refractivity contribution in [3.8, 4) is 11.5 Å². The predicted molar refractivity (Wildman–Crippen MR) is 68.0 cm³/mol. The van der Waals surface area contributed by atoms with E-state index in [-0.39, 0.29) is 5.41 Å². The van der Waals surface area contributed by atoms with E-state index >= 15 is 0 Å². The Morgan fingerprint density at radius 1 is 1.28 bits per heavy atom. The lowest BCUT2D eigenvalue weighted by Crippen LogP contribution is -2.21. The standard InChI is InChI=1S/C13H18N4O/c1-5-13(4,6-2)12-15-11(18-17-12)10-7-9(3)16-14-8-10/h7-8H,5-6H2,1-4H3. The molecule has 0 atom stereocenters. The fourth-order valence-corrected chi connectivity index (χ4v) is 1.74. The van der Waals surface area contributed by atoms with Crippen LogP contribution in [0.3, 0.4) is 0 Å². The molecule has 2 rings (SSSR count). The molecule has 96 valence electrons. The molecule has 0 fully saturated rings. The zero-order valence-corrected chi connectivity index (χ0v) is 11.3. The monoisotopic (exact) mass is 246 g/mol. The molecule has 0 aromatic carbocycles. The van der Waals surface area contributed by atoms with Gasteiger partial charge in [0, 0.05) is 5.41 Å². The van der Waals surface area contributed by atoms with Crippen LogP contribution in [0.4, 0.5) is 0 Å². The molecule has 0 saturated carbocycles. The summed E-state index contributed by atoms with van der Waals surface area (Å²) in [6.45, 7) is 8.31. The van der Waals surface area contributed by atoms with Crippen molar-refractivity contribution in [2.45, 2.75) is 46.0 Å². The van der Waals surface area contributed by atoms with Crippen molar-refractivity contribution in [2.75, 3.05) is 0 Å². The minimum atomic E-state index is -0.0305. The summed E-state index contributed by atoms with van der Waals surface area (Å²) in [4.78, 5) is 4.49. The van der Waals surface area contributed by atoms with Crippen molar-refractivity contribution in [3.05, 3.63) is 23.8 Å². The molecule has 0 N–H and O–H groups in total. The van der Waals surface area contributed by atoms with E-state index in [2.05, 4.69) is 41.1 Å². The summed E-state index contributed by atoms with van der Waals surface area (Å²) in [7, 11) is 0. The number of aryl methyl sites for hydroxylation is 1. The van der Waals surface area contributed by atoms with Gasteiger partial charge in [-0.3, -0.25) is 0 Å². The van der Waals surface area contributed by atoms with Crippen LogP contribution in [0.2, 0.25) is 0 Å². The Morgan fingerprint density at radius 3 is 2.61 bits per heavy atom. The lowest BCUT2D eigenvalue weighted by Gasteiger charge is -2.21. The molecular formula is C13H18N4O. The highest BCUT2D eigenvalue weighted by Crippen LogP contribution is 2.30. The largest absolute Gasteiger partial charge is 0.334 e. The number of hydrogen-bond acceptors (Lipinski definition) is 5. The molecule has 0 radical (unpaired) electrons. The predicted octanol–water partition coefficient (Wildman–Crippen LogP) is 2.91. The quantitative estimate of drug-likeness (QED) is 0.829. The zero-order chi connectivity index (χ0) is 13.2. The van der Waals surface area contributed by atoms with Crippen LogP contribution in [-0.4, -0.2) is 20.3 Å². The topological polar surface area (TPSA) is 64.7 Å². The molecule has 5 nitrogen and oxygen atoms in total. The Hall–Kier alpha value is -1.78. The summed E-state index contributed by atoms with van der Waals surface area (Å²) >= 11 is 0. The van der Waals surface area contributed by atoms with E-state index in [4.69, 9.17) is 4.52 Å². The van der Waals surface area contributed by atoms with Crippen LogP contribution in [0.1, 0.15) is 45.1 Å². The Labute approximate surface area is 107 Å². The van der Waals surface area contributed by atoms with Crippen LogP contribution in [-0.2, 0) is 5.41 Å². The lowest BCUT2D eigenvalue weighted by atomic mass is 9.84. The second kappa shape index (κ2) is 4.84. The first kappa shape index (κ1) is 12.7. The van der Waals surface area contributed by atoms with Crippen molar-refractivity contribution in [1.29, 1.82) is 0 Å². The van der Waals surface area contributed by atoms with E-state index < -0.39 is 0 Å². The average Bonchev–Trinajstić information content (AvgIpc) is 2.88. The van der Waals surface area contributed by atoms with Crippen LogP contribution in [0.25, 0.3) is 11.5 Å². The molecular weight excluding hydrogens is 228 g/mol. The van der Waals surface area contributed by atoms with Crippen LogP contribution in [0.5, 0.6) is 0 Å². The third kappa shape index (κ3) is 2.25. The molecule has 0 bridgehead atoms. The minimum Gasteiger partial charge on any atom is -0.334 e. The highest BCUT2D eigenvalue weighted by Gasteiger charge is 2.28. The summed E-state index contributed by atoms with van der Waals surface area (Å²) in [5.74, 6) is 1.27. The van der Waals surface area contributed by atoms with E-state index in [1.54, 1.807) is 6.20 Å². The van der Waals surface area contributed by atoms with Gasteiger partial charge in [0.05, 0.1) is 17.5 Å². The van der Waals surface area contributed by atoms with Crippen molar-refractivity contribution in [2.24, 2.45) is 0 Å². The van der Waals surface area contributed by atoms with Gasteiger partial charge in [-0.15, -0.1) is 0 Å². The maximum Gasteiger partial charge on any atom is 0.259 e. The van der Waals surface area contributed by atoms with Crippen molar-refractivity contribution >= 4 is 0 Å². The van der Waals surface area contributed by atoms with Gasteiger partial charge in [-0.1, -0.05) is 25.9 Å². The second-order valence-electron chi connectivity index (χ2n) is 4.78. The van der Waals surface area contributed by atoms with Crippen molar-refractivity contribution in [3.63, 3.8) is 0 Å². The molecule has 2 aromatic heterocycles. The normalized spacial score (nSPS) is 11.8. The van der Waals surface area contributed by atoms with Gasteiger partial charge < -0.3 is 4.52 Å². The number of hydrogen-bond donors (Lipinski definition) is 0. The van der Waals surface area contributed by atoms with Gasteiger partial charge in [0.1, 0.15) is 0 Å². The Balaban J connectivity index is 2.36. The highest BCUT2D eigenvalue weighted by molar-refractivity contribution is 5.51. The van der Waals surface area contributed by atoms with E-state index in [1.807, 2.05) is 13.0 Å².